The Morgan fingerprint density at radius 3 is 2.23 bits per heavy atom. The second kappa shape index (κ2) is 8.16. The Bertz CT molecular complexity index is 1190. The van der Waals surface area contributed by atoms with E-state index in [1.165, 1.54) is 11.3 Å². The highest BCUT2D eigenvalue weighted by Gasteiger charge is 2.34. The van der Waals surface area contributed by atoms with Gasteiger partial charge in [-0.05, 0) is 37.8 Å². The Kier molecular flexibility index (Phi) is 5.96. The summed E-state index contributed by atoms with van der Waals surface area (Å²) in [6.45, 7) is 5.04. The molecule has 0 saturated carbocycles. The lowest BCUT2D eigenvalue weighted by molar-refractivity contribution is -0.118. The molecule has 9 heteroatoms. The van der Waals surface area contributed by atoms with Gasteiger partial charge in [-0.2, -0.15) is 5.10 Å². The number of aryl methyl sites for hydroxylation is 2. The van der Waals surface area contributed by atoms with Crippen molar-refractivity contribution in [1.82, 2.24) is 9.78 Å². The largest absolute Gasteiger partial charge is 0.288 e. The van der Waals surface area contributed by atoms with E-state index in [1.807, 2.05) is 11.4 Å². The van der Waals surface area contributed by atoms with Crippen molar-refractivity contribution in [2.24, 2.45) is 7.05 Å². The molecule has 0 bridgehead atoms. The number of hydrogen-bond acceptors (Lipinski definition) is 6. The number of hydrogen-bond donors (Lipinski definition) is 0. The summed E-state index contributed by atoms with van der Waals surface area (Å²) in [6.07, 6.45) is 1.01. The van der Waals surface area contributed by atoms with Gasteiger partial charge in [0.15, 0.2) is 0 Å². The third-order valence-corrected chi connectivity index (χ3v) is 6.89. The molecule has 0 spiro atoms. The molecule has 0 N–H and O–H groups in total. The lowest BCUT2D eigenvalue weighted by Crippen LogP contribution is -2.39. The first-order valence-electron chi connectivity index (χ1n) is 9.25. The number of anilines is 1. The molecule has 0 aliphatic carbocycles. The smallest absolute Gasteiger partial charge is 0.248 e. The van der Waals surface area contributed by atoms with Gasteiger partial charge in [0.25, 0.3) is 0 Å². The highest BCUT2D eigenvalue weighted by atomic mass is 32.2. The molecule has 158 valence electrons. The van der Waals surface area contributed by atoms with Crippen molar-refractivity contribution in [1.29, 1.82) is 0 Å². The molecule has 0 aliphatic rings. The molecule has 1 atom stereocenters. The zero-order chi connectivity index (χ0) is 22.2. The highest BCUT2D eigenvalue weighted by molar-refractivity contribution is 7.92. The van der Waals surface area contributed by atoms with Crippen LogP contribution < -0.4 is 4.31 Å². The molecule has 1 unspecified atom stereocenters. The van der Waals surface area contributed by atoms with Gasteiger partial charge in [-0.15, -0.1) is 11.3 Å². The normalized spacial score (nSPS) is 12.6. The molecule has 0 radical (unpaired) electrons. The molecule has 2 heterocycles. The third-order valence-electron chi connectivity index (χ3n) is 4.99. The average molecular weight is 446 g/mol. The summed E-state index contributed by atoms with van der Waals surface area (Å²) in [6, 6.07) is 10.3. The Balaban J connectivity index is 1.93. The van der Waals surface area contributed by atoms with Crippen molar-refractivity contribution in [2.45, 2.75) is 26.7 Å². The number of benzene rings is 1. The number of carbonyl (C=O) groups is 2. The van der Waals surface area contributed by atoms with Gasteiger partial charge in [0.1, 0.15) is 5.69 Å². The molecule has 0 aliphatic heterocycles. The van der Waals surface area contributed by atoms with E-state index < -0.39 is 21.8 Å². The minimum atomic E-state index is -3.88. The standard InChI is InChI=1S/C21H23N3O4S2/c1-13(16-8-10-17(11-9-16)20(25)18-7-6-12-29-18)21(26)24(30(5,27)28)19-14(2)22-23(4)15(19)3/h6-13H,1-5H3. The minimum Gasteiger partial charge on any atom is -0.288 e. The predicted molar refractivity (Wildman–Crippen MR) is 118 cm³/mol. The number of sulfonamides is 1. The summed E-state index contributed by atoms with van der Waals surface area (Å²) in [5, 5.41) is 6.07. The SMILES string of the molecule is Cc1nn(C)c(C)c1N(C(=O)C(C)c1ccc(C(=O)c2cccs2)cc1)S(C)(=O)=O. The van der Waals surface area contributed by atoms with Crippen LogP contribution >= 0.6 is 11.3 Å². The first-order valence-corrected chi connectivity index (χ1v) is 12.0. The molecule has 1 aromatic carbocycles. The summed E-state index contributed by atoms with van der Waals surface area (Å²) >= 11 is 1.37. The van der Waals surface area contributed by atoms with E-state index in [1.54, 1.807) is 62.8 Å². The van der Waals surface area contributed by atoms with Gasteiger partial charge in [-0.1, -0.05) is 30.3 Å². The van der Waals surface area contributed by atoms with Gasteiger partial charge in [0.2, 0.25) is 21.7 Å². The maximum Gasteiger partial charge on any atom is 0.248 e. The molecule has 0 saturated heterocycles. The van der Waals surface area contributed by atoms with E-state index >= 15 is 0 Å². The zero-order valence-electron chi connectivity index (χ0n) is 17.4. The summed E-state index contributed by atoms with van der Waals surface area (Å²) in [5.41, 5.74) is 2.45. The highest BCUT2D eigenvalue weighted by Crippen LogP contribution is 2.30. The number of rotatable bonds is 6. The topological polar surface area (TPSA) is 89.3 Å². The van der Waals surface area contributed by atoms with Gasteiger partial charge >= 0.3 is 0 Å². The Labute approximate surface area is 180 Å². The van der Waals surface area contributed by atoms with E-state index in [4.69, 9.17) is 0 Å². The van der Waals surface area contributed by atoms with Crippen molar-refractivity contribution < 1.29 is 18.0 Å². The van der Waals surface area contributed by atoms with Crippen molar-refractivity contribution in [3.05, 3.63) is 69.2 Å². The van der Waals surface area contributed by atoms with Crippen LogP contribution in [0.5, 0.6) is 0 Å². The number of carbonyl (C=O) groups excluding carboxylic acids is 2. The van der Waals surface area contributed by atoms with Crippen LogP contribution in [-0.4, -0.2) is 36.1 Å². The lowest BCUT2D eigenvalue weighted by atomic mass is 9.97. The lowest BCUT2D eigenvalue weighted by Gasteiger charge is -2.24. The Hall–Kier alpha value is -2.78. The summed E-state index contributed by atoms with van der Waals surface area (Å²) in [7, 11) is -2.18. The fourth-order valence-corrected chi connectivity index (χ4v) is 5.05. The molecule has 3 aromatic rings. The van der Waals surface area contributed by atoms with Crippen LogP contribution in [0, 0.1) is 13.8 Å². The number of aromatic nitrogens is 2. The number of thiophene rings is 1. The van der Waals surface area contributed by atoms with Gasteiger partial charge < -0.3 is 0 Å². The monoisotopic (exact) mass is 445 g/mol. The number of nitrogens with zero attached hydrogens (tertiary/aromatic N) is 3. The van der Waals surface area contributed by atoms with E-state index in [2.05, 4.69) is 5.10 Å². The molecule has 3 rings (SSSR count). The zero-order valence-corrected chi connectivity index (χ0v) is 19.0. The average Bonchev–Trinajstić information content (AvgIpc) is 3.30. The van der Waals surface area contributed by atoms with Crippen molar-refractivity contribution >= 4 is 38.7 Å². The minimum absolute atomic E-state index is 0.0881. The van der Waals surface area contributed by atoms with Crippen molar-refractivity contribution in [3.8, 4) is 0 Å². The van der Waals surface area contributed by atoms with Gasteiger partial charge in [0, 0.05) is 12.6 Å². The molecule has 1 amide bonds. The number of ketones is 1. The van der Waals surface area contributed by atoms with E-state index in [0.717, 1.165) is 10.6 Å². The number of amides is 1. The first-order chi connectivity index (χ1) is 14.0. The first kappa shape index (κ1) is 21.9. The van der Waals surface area contributed by atoms with E-state index in [-0.39, 0.29) is 11.5 Å². The van der Waals surface area contributed by atoms with Gasteiger partial charge in [0.05, 0.1) is 28.4 Å². The Morgan fingerprint density at radius 1 is 1.13 bits per heavy atom. The molecule has 7 nitrogen and oxygen atoms in total. The van der Waals surface area contributed by atoms with Crippen LogP contribution in [0.2, 0.25) is 0 Å². The molecule has 30 heavy (non-hydrogen) atoms. The fraction of sp³-hybridized carbons (Fsp3) is 0.286. The van der Waals surface area contributed by atoms with Crippen LogP contribution in [0.25, 0.3) is 0 Å². The van der Waals surface area contributed by atoms with E-state index in [9.17, 15) is 18.0 Å². The second-order valence-electron chi connectivity index (χ2n) is 7.16. The maximum absolute atomic E-state index is 13.3. The predicted octanol–water partition coefficient (Wildman–Crippen LogP) is 3.43. The quantitative estimate of drug-likeness (QED) is 0.543. The molecule has 0 fully saturated rings. The van der Waals surface area contributed by atoms with Crippen molar-refractivity contribution in [2.75, 3.05) is 10.6 Å². The molecular weight excluding hydrogens is 422 g/mol. The third kappa shape index (κ3) is 4.08. The van der Waals surface area contributed by atoms with Crippen LogP contribution in [0.15, 0.2) is 41.8 Å². The maximum atomic E-state index is 13.3. The van der Waals surface area contributed by atoms with Gasteiger partial charge in [-0.25, -0.2) is 12.7 Å². The fourth-order valence-electron chi connectivity index (χ4n) is 3.29. The summed E-state index contributed by atoms with van der Waals surface area (Å²) in [4.78, 5) is 26.4. The Morgan fingerprint density at radius 2 is 1.77 bits per heavy atom. The van der Waals surface area contributed by atoms with Crippen LogP contribution in [-0.2, 0) is 21.9 Å². The van der Waals surface area contributed by atoms with Crippen molar-refractivity contribution in [3.63, 3.8) is 0 Å². The second-order valence-corrected chi connectivity index (χ2v) is 9.94. The molecule has 2 aromatic heterocycles. The van der Waals surface area contributed by atoms with Crippen LogP contribution in [0.3, 0.4) is 0 Å². The van der Waals surface area contributed by atoms with Crippen LogP contribution in [0.1, 0.15) is 45.0 Å². The van der Waals surface area contributed by atoms with Crippen LogP contribution in [0.4, 0.5) is 5.69 Å². The van der Waals surface area contributed by atoms with Gasteiger partial charge in [-0.3, -0.25) is 14.3 Å². The molecular formula is C21H23N3O4S2. The van der Waals surface area contributed by atoms with E-state index in [0.29, 0.717) is 27.4 Å². The summed E-state index contributed by atoms with van der Waals surface area (Å²) < 4.78 is 27.4. The summed E-state index contributed by atoms with van der Waals surface area (Å²) in [5.74, 6) is -1.39.